The van der Waals surface area contributed by atoms with Crippen molar-refractivity contribution < 1.29 is 48.2 Å². The molecule has 2 N–H and O–H groups in total. The minimum Gasteiger partial charge on any atom is -0.454 e. The van der Waals surface area contributed by atoms with E-state index in [0.717, 1.165) is 0 Å². The highest BCUT2D eigenvalue weighted by Gasteiger charge is 2.59. The van der Waals surface area contributed by atoms with Gasteiger partial charge in [0.25, 0.3) is 0 Å². The zero-order valence-electron chi connectivity index (χ0n) is 22.2. The summed E-state index contributed by atoms with van der Waals surface area (Å²) in [4.78, 5) is 11.9. The fourth-order valence-electron chi connectivity index (χ4n) is 4.75. The van der Waals surface area contributed by atoms with Gasteiger partial charge in [-0.05, 0) is 54.4 Å². The van der Waals surface area contributed by atoms with Crippen LogP contribution in [0.15, 0.2) is 0 Å². The Bertz CT molecular complexity index is 693. The van der Waals surface area contributed by atoms with E-state index < -0.39 is 53.3 Å². The van der Waals surface area contributed by atoms with Gasteiger partial charge in [-0.1, -0.05) is 13.8 Å². The first-order valence-corrected chi connectivity index (χ1v) is 11.9. The number of hydrogen-bond donors (Lipinski definition) is 2. The Morgan fingerprint density at radius 2 is 1.62 bits per heavy atom. The van der Waals surface area contributed by atoms with Gasteiger partial charge in [0.1, 0.15) is 36.1 Å². The molecular weight excluding hydrogens is 448 g/mol. The average Bonchev–Trinajstić information content (AvgIpc) is 3.23. The maximum absolute atomic E-state index is 11.9. The van der Waals surface area contributed by atoms with Crippen LogP contribution in [-0.2, 0) is 38.0 Å². The normalized spacial score (nSPS) is 38.8. The van der Waals surface area contributed by atoms with Crippen molar-refractivity contribution in [3.8, 4) is 0 Å². The number of fused-ring (bicyclic) bond motifs is 1. The molecule has 0 amide bonds. The molecule has 0 aliphatic carbocycles. The van der Waals surface area contributed by atoms with Crippen LogP contribution in [0.5, 0.6) is 0 Å². The van der Waals surface area contributed by atoms with Crippen LogP contribution in [0.25, 0.3) is 0 Å². The van der Waals surface area contributed by atoms with Gasteiger partial charge in [-0.2, -0.15) is 0 Å². The molecule has 3 saturated heterocycles. The molecule has 0 radical (unpaired) electrons. The number of carbonyl (C=O) groups excluding carboxylic acids is 1. The Kier molecular flexibility index (Phi) is 9.19. The van der Waals surface area contributed by atoms with Crippen LogP contribution in [0.4, 0.5) is 0 Å². The van der Waals surface area contributed by atoms with E-state index in [-0.39, 0.29) is 18.7 Å². The van der Waals surface area contributed by atoms with E-state index in [9.17, 15) is 15.0 Å². The molecule has 0 aromatic rings. The second kappa shape index (κ2) is 10.6. The van der Waals surface area contributed by atoms with E-state index in [1.54, 1.807) is 41.7 Å². The van der Waals surface area contributed by atoms with Crippen LogP contribution in [0.2, 0.25) is 0 Å². The highest BCUT2D eigenvalue weighted by Crippen LogP contribution is 2.41. The summed E-state index contributed by atoms with van der Waals surface area (Å²) in [5.74, 6) is -1.90. The highest BCUT2D eigenvalue weighted by molar-refractivity contribution is 5.77. The average molecular weight is 493 g/mol. The Hall–Kier alpha value is -0.850. The molecule has 3 rings (SSSR count). The number of aliphatic hydroxyl groups is 2. The van der Waals surface area contributed by atoms with Crippen LogP contribution in [0.3, 0.4) is 0 Å². The van der Waals surface area contributed by atoms with Crippen molar-refractivity contribution in [2.45, 2.75) is 128 Å². The van der Waals surface area contributed by atoms with Gasteiger partial charge in [0, 0.05) is 14.2 Å². The van der Waals surface area contributed by atoms with Crippen molar-refractivity contribution in [1.29, 1.82) is 0 Å². The topological polar surface area (TPSA) is 122 Å². The summed E-state index contributed by atoms with van der Waals surface area (Å²) in [5, 5.41) is 19.6. The number of esters is 1. The molecular formula is C24H44O10. The zero-order valence-corrected chi connectivity index (χ0v) is 22.2. The van der Waals surface area contributed by atoms with E-state index in [4.69, 9.17) is 33.2 Å². The van der Waals surface area contributed by atoms with E-state index in [2.05, 4.69) is 0 Å². The van der Waals surface area contributed by atoms with E-state index in [1.165, 1.54) is 7.11 Å². The van der Waals surface area contributed by atoms with Gasteiger partial charge in [0.15, 0.2) is 17.7 Å². The van der Waals surface area contributed by atoms with Gasteiger partial charge in [0.05, 0.1) is 12.2 Å². The molecule has 34 heavy (non-hydrogen) atoms. The summed E-state index contributed by atoms with van der Waals surface area (Å²) in [6, 6.07) is 0. The van der Waals surface area contributed by atoms with Crippen molar-refractivity contribution in [3.05, 3.63) is 0 Å². The standard InChI is InChI=1S/C12H20O5.C12H24O5/c1-6-12(4)9(14-5)7-8(10(13)17-12)16-11(2,3)15-7;1-6-12(4,14)10(15-5)9-8(7-13)16-11(2,3)17-9/h7-9H,6H2,1-5H3;8-10,13-14H,6-7H2,1-5H3/t7?,8?,9?,12-;8?,9?,10?,12-/m00/s1. The molecule has 3 heterocycles. The summed E-state index contributed by atoms with van der Waals surface area (Å²) in [6.45, 7) is 14.4. The summed E-state index contributed by atoms with van der Waals surface area (Å²) < 4.78 is 38.9. The molecule has 6 unspecified atom stereocenters. The van der Waals surface area contributed by atoms with E-state index in [1.807, 2.05) is 20.8 Å². The lowest BCUT2D eigenvalue weighted by molar-refractivity contribution is -0.215. The van der Waals surface area contributed by atoms with Crippen molar-refractivity contribution >= 4 is 5.97 Å². The first-order chi connectivity index (χ1) is 15.6. The van der Waals surface area contributed by atoms with Gasteiger partial charge >= 0.3 is 5.97 Å². The fourth-order valence-corrected chi connectivity index (χ4v) is 4.75. The van der Waals surface area contributed by atoms with Crippen molar-refractivity contribution in [3.63, 3.8) is 0 Å². The molecule has 200 valence electrons. The molecule has 0 spiro atoms. The monoisotopic (exact) mass is 492 g/mol. The molecule has 3 fully saturated rings. The molecule has 3 aliphatic rings. The van der Waals surface area contributed by atoms with Crippen molar-refractivity contribution in [2.24, 2.45) is 0 Å². The molecule has 10 nitrogen and oxygen atoms in total. The number of cyclic esters (lactones) is 1. The summed E-state index contributed by atoms with van der Waals surface area (Å²) in [7, 11) is 3.13. The van der Waals surface area contributed by atoms with Crippen LogP contribution in [0.1, 0.15) is 68.2 Å². The second-order valence-electron chi connectivity index (χ2n) is 10.5. The number of ether oxygens (including phenoxy) is 7. The molecule has 8 atom stereocenters. The summed E-state index contributed by atoms with van der Waals surface area (Å²) >= 11 is 0. The largest absolute Gasteiger partial charge is 0.454 e. The first-order valence-electron chi connectivity index (χ1n) is 11.9. The summed E-state index contributed by atoms with van der Waals surface area (Å²) in [6.07, 6.45) is -1.68. The van der Waals surface area contributed by atoms with Crippen LogP contribution in [0, 0.1) is 0 Å². The Morgan fingerprint density at radius 3 is 2.09 bits per heavy atom. The van der Waals surface area contributed by atoms with Gasteiger partial charge in [-0.3, -0.25) is 0 Å². The van der Waals surface area contributed by atoms with Gasteiger partial charge < -0.3 is 43.4 Å². The number of rotatable bonds is 7. The van der Waals surface area contributed by atoms with E-state index in [0.29, 0.717) is 12.8 Å². The molecule has 10 heteroatoms. The van der Waals surface area contributed by atoms with Crippen LogP contribution < -0.4 is 0 Å². The van der Waals surface area contributed by atoms with E-state index >= 15 is 0 Å². The number of carbonyl (C=O) groups is 1. The minimum absolute atomic E-state index is 0.159. The first kappa shape index (κ1) is 29.4. The number of methoxy groups -OCH3 is 2. The summed E-state index contributed by atoms with van der Waals surface area (Å²) in [5.41, 5.74) is -1.67. The molecule has 0 bridgehead atoms. The Balaban J connectivity index is 0.000000240. The molecule has 0 aromatic carbocycles. The predicted octanol–water partition coefficient (Wildman–Crippen LogP) is 1.92. The Labute approximate surface area is 203 Å². The fraction of sp³-hybridized carbons (Fsp3) is 0.958. The molecule has 3 aliphatic heterocycles. The zero-order chi connectivity index (χ0) is 26.1. The van der Waals surface area contributed by atoms with Crippen molar-refractivity contribution in [2.75, 3.05) is 20.8 Å². The Morgan fingerprint density at radius 1 is 1.03 bits per heavy atom. The van der Waals surface area contributed by atoms with Gasteiger partial charge in [-0.25, -0.2) is 4.79 Å². The SMILES string of the molecule is CC[C@](C)(O)C(OC)C1OC(C)(C)OC1CO.CC[C@]1(C)OC(=O)C2OC(C)(C)OC2C1OC. The smallest absolute Gasteiger partial charge is 0.338 e. The maximum Gasteiger partial charge on any atom is 0.338 e. The van der Waals surface area contributed by atoms with Crippen LogP contribution >= 0.6 is 0 Å². The van der Waals surface area contributed by atoms with Gasteiger partial charge in [0.2, 0.25) is 0 Å². The second-order valence-corrected chi connectivity index (χ2v) is 10.5. The lowest BCUT2D eigenvalue weighted by Gasteiger charge is -2.43. The third-order valence-electron chi connectivity index (χ3n) is 6.83. The predicted molar refractivity (Wildman–Crippen MR) is 122 cm³/mol. The highest BCUT2D eigenvalue weighted by atomic mass is 16.8. The number of aliphatic hydroxyl groups excluding tert-OH is 1. The quantitative estimate of drug-likeness (QED) is 0.510. The third kappa shape index (κ3) is 6.10. The maximum atomic E-state index is 11.9. The lowest BCUT2D eigenvalue weighted by atomic mass is 9.86. The van der Waals surface area contributed by atoms with Crippen LogP contribution in [-0.4, -0.2) is 96.4 Å². The van der Waals surface area contributed by atoms with Gasteiger partial charge in [-0.15, -0.1) is 0 Å². The number of hydrogen-bond acceptors (Lipinski definition) is 10. The third-order valence-corrected chi connectivity index (χ3v) is 6.83. The molecule has 0 saturated carbocycles. The molecule has 0 aromatic heterocycles. The van der Waals surface area contributed by atoms with Crippen molar-refractivity contribution in [1.82, 2.24) is 0 Å². The lowest BCUT2D eigenvalue weighted by Crippen LogP contribution is -2.61. The minimum atomic E-state index is -1.02.